The third-order valence-electron chi connectivity index (χ3n) is 2.54. The van der Waals surface area contributed by atoms with Gasteiger partial charge in [0.25, 0.3) is 0 Å². The van der Waals surface area contributed by atoms with Gasteiger partial charge >= 0.3 is 0 Å². The minimum absolute atomic E-state index is 0.637. The van der Waals surface area contributed by atoms with Crippen LogP contribution in [0.4, 0.5) is 5.95 Å². The highest BCUT2D eigenvalue weighted by molar-refractivity contribution is 5.30. The third-order valence-corrected chi connectivity index (χ3v) is 2.54. The Morgan fingerprint density at radius 2 is 2.28 bits per heavy atom. The zero-order valence-corrected chi connectivity index (χ0v) is 11.9. The zero-order valence-electron chi connectivity index (χ0n) is 11.9. The first-order valence-electron chi connectivity index (χ1n) is 6.13. The molecule has 1 aromatic rings. The Morgan fingerprint density at radius 1 is 1.56 bits per heavy atom. The molecule has 1 N–H and O–H groups in total. The highest BCUT2D eigenvalue weighted by Crippen LogP contribution is 2.10. The summed E-state index contributed by atoms with van der Waals surface area (Å²) < 4.78 is 7.50. The quantitative estimate of drug-likeness (QED) is 0.557. The van der Waals surface area contributed by atoms with Crippen LogP contribution in [0.3, 0.4) is 0 Å². The van der Waals surface area contributed by atoms with Crippen LogP contribution >= 0.6 is 0 Å². The van der Waals surface area contributed by atoms with Gasteiger partial charge in [-0.25, -0.2) is 4.98 Å². The van der Waals surface area contributed by atoms with Crippen LogP contribution in [0.2, 0.25) is 0 Å². The van der Waals surface area contributed by atoms with Gasteiger partial charge in [0.05, 0.1) is 25.1 Å². The maximum atomic E-state index is 5.41. The van der Waals surface area contributed by atoms with Crippen LogP contribution in [0, 0.1) is 0 Å². The molecule has 0 saturated heterocycles. The van der Waals surface area contributed by atoms with Crippen molar-refractivity contribution in [2.24, 2.45) is 7.05 Å². The molecule has 0 fully saturated rings. The molecule has 1 rings (SSSR count). The van der Waals surface area contributed by atoms with Crippen LogP contribution in [0.5, 0.6) is 0 Å². The Morgan fingerprint density at radius 3 is 2.83 bits per heavy atom. The van der Waals surface area contributed by atoms with Gasteiger partial charge in [0.2, 0.25) is 5.95 Å². The topological polar surface area (TPSA) is 42.3 Å². The summed E-state index contributed by atoms with van der Waals surface area (Å²) in [6.45, 7) is 8.72. The van der Waals surface area contributed by atoms with Crippen LogP contribution in [0.25, 0.3) is 0 Å². The summed E-state index contributed by atoms with van der Waals surface area (Å²) in [6, 6.07) is 0. The van der Waals surface area contributed by atoms with Crippen LogP contribution < -0.4 is 10.2 Å². The molecule has 0 aliphatic heterocycles. The number of nitrogens with zero attached hydrogens (tertiary/aromatic N) is 3. The molecular formula is C13H24N4O. The molecule has 18 heavy (non-hydrogen) atoms. The van der Waals surface area contributed by atoms with Crippen LogP contribution in [-0.4, -0.2) is 43.4 Å². The maximum absolute atomic E-state index is 5.41. The SMILES string of the molecule is C=C(C)COCCNCc1cnc(N(C)C)n1C. The molecule has 0 amide bonds. The van der Waals surface area contributed by atoms with Crippen LogP contribution in [0.15, 0.2) is 18.3 Å². The molecule has 5 heteroatoms. The Labute approximate surface area is 109 Å². The number of ether oxygens (including phenoxy) is 1. The van der Waals surface area contributed by atoms with E-state index in [1.54, 1.807) is 0 Å². The molecule has 5 nitrogen and oxygen atoms in total. The van der Waals surface area contributed by atoms with Gasteiger partial charge in [-0.3, -0.25) is 0 Å². The van der Waals surface area contributed by atoms with Crippen molar-refractivity contribution in [3.63, 3.8) is 0 Å². The minimum atomic E-state index is 0.637. The van der Waals surface area contributed by atoms with Gasteiger partial charge < -0.3 is 19.5 Å². The first-order chi connectivity index (χ1) is 8.52. The number of rotatable bonds is 8. The molecule has 0 aromatic carbocycles. The second kappa shape index (κ2) is 7.18. The van der Waals surface area contributed by atoms with Crippen molar-refractivity contribution >= 4 is 5.95 Å². The fourth-order valence-electron chi connectivity index (χ4n) is 1.62. The van der Waals surface area contributed by atoms with Gasteiger partial charge in [-0.2, -0.15) is 0 Å². The molecule has 0 aliphatic rings. The lowest BCUT2D eigenvalue weighted by atomic mass is 10.4. The molecule has 0 bridgehead atoms. The first-order valence-corrected chi connectivity index (χ1v) is 6.13. The Bertz CT molecular complexity index is 384. The number of hydrogen-bond donors (Lipinski definition) is 1. The fraction of sp³-hybridized carbons (Fsp3) is 0.615. The summed E-state index contributed by atoms with van der Waals surface area (Å²) in [7, 11) is 6.01. The number of hydrogen-bond acceptors (Lipinski definition) is 4. The third kappa shape index (κ3) is 4.50. The van der Waals surface area contributed by atoms with E-state index in [4.69, 9.17) is 4.74 Å². The van der Waals surface area contributed by atoms with Gasteiger partial charge in [0.15, 0.2) is 0 Å². The lowest BCUT2D eigenvalue weighted by Gasteiger charge is -2.13. The molecule has 0 atom stereocenters. The Hall–Kier alpha value is -1.33. The van der Waals surface area contributed by atoms with Crippen molar-refractivity contribution in [2.45, 2.75) is 13.5 Å². The van der Waals surface area contributed by atoms with Gasteiger partial charge in [-0.1, -0.05) is 12.2 Å². The average Bonchev–Trinajstić information content (AvgIpc) is 2.65. The Kier molecular flexibility index (Phi) is 5.88. The predicted octanol–water partition coefficient (Wildman–Crippen LogP) is 1.17. The second-order valence-corrected chi connectivity index (χ2v) is 4.69. The van der Waals surface area contributed by atoms with Crippen molar-refractivity contribution < 1.29 is 4.74 Å². The number of aromatic nitrogens is 2. The van der Waals surface area contributed by atoms with Gasteiger partial charge in [-0.15, -0.1) is 0 Å². The summed E-state index contributed by atoms with van der Waals surface area (Å²) in [6.07, 6.45) is 1.90. The highest BCUT2D eigenvalue weighted by atomic mass is 16.5. The van der Waals surface area contributed by atoms with Gasteiger partial charge in [0, 0.05) is 34.2 Å². The fourth-order valence-corrected chi connectivity index (χ4v) is 1.62. The molecule has 0 saturated carbocycles. The molecule has 1 aromatic heterocycles. The Balaban J connectivity index is 2.25. The summed E-state index contributed by atoms with van der Waals surface area (Å²) in [5.41, 5.74) is 2.22. The lowest BCUT2D eigenvalue weighted by Crippen LogP contribution is -2.21. The number of imidazole rings is 1. The standard InChI is InChI=1S/C13H24N4O/c1-11(2)10-18-7-6-14-8-12-9-15-13(16(3)4)17(12)5/h9,14H,1,6-8,10H2,2-5H3. The molecular weight excluding hydrogens is 228 g/mol. The van der Waals surface area contributed by atoms with Crippen LogP contribution in [0.1, 0.15) is 12.6 Å². The smallest absolute Gasteiger partial charge is 0.204 e. The van der Waals surface area contributed by atoms with E-state index in [1.807, 2.05) is 39.2 Å². The van der Waals surface area contributed by atoms with E-state index in [0.717, 1.165) is 24.6 Å². The average molecular weight is 252 g/mol. The van der Waals surface area contributed by atoms with Crippen molar-refractivity contribution in [1.82, 2.24) is 14.9 Å². The van der Waals surface area contributed by atoms with Gasteiger partial charge in [0.1, 0.15) is 0 Å². The molecule has 0 aliphatic carbocycles. The molecule has 1 heterocycles. The van der Waals surface area contributed by atoms with E-state index in [-0.39, 0.29) is 0 Å². The first kappa shape index (κ1) is 14.7. The molecule has 102 valence electrons. The maximum Gasteiger partial charge on any atom is 0.204 e. The minimum Gasteiger partial charge on any atom is -0.376 e. The normalized spacial score (nSPS) is 10.7. The predicted molar refractivity (Wildman–Crippen MR) is 74.9 cm³/mol. The van der Waals surface area contributed by atoms with E-state index in [9.17, 15) is 0 Å². The lowest BCUT2D eigenvalue weighted by molar-refractivity contribution is 0.157. The van der Waals surface area contributed by atoms with E-state index >= 15 is 0 Å². The van der Waals surface area contributed by atoms with Crippen molar-refractivity contribution in [1.29, 1.82) is 0 Å². The highest BCUT2D eigenvalue weighted by Gasteiger charge is 2.06. The van der Waals surface area contributed by atoms with E-state index in [2.05, 4.69) is 21.4 Å². The van der Waals surface area contributed by atoms with Crippen molar-refractivity contribution in [3.8, 4) is 0 Å². The van der Waals surface area contributed by atoms with Crippen molar-refractivity contribution in [2.75, 3.05) is 38.8 Å². The van der Waals surface area contributed by atoms with Crippen molar-refractivity contribution in [3.05, 3.63) is 24.0 Å². The summed E-state index contributed by atoms with van der Waals surface area (Å²) in [5.74, 6) is 0.963. The largest absolute Gasteiger partial charge is 0.376 e. The number of anilines is 1. The van der Waals surface area contributed by atoms with Gasteiger partial charge in [-0.05, 0) is 6.92 Å². The molecule has 0 radical (unpaired) electrons. The van der Waals surface area contributed by atoms with E-state index in [0.29, 0.717) is 13.2 Å². The monoisotopic (exact) mass is 252 g/mol. The molecule has 0 spiro atoms. The van der Waals surface area contributed by atoms with Crippen LogP contribution in [-0.2, 0) is 18.3 Å². The zero-order chi connectivity index (χ0) is 13.5. The van der Waals surface area contributed by atoms with E-state index in [1.165, 1.54) is 5.69 Å². The second-order valence-electron chi connectivity index (χ2n) is 4.69. The summed E-state index contributed by atoms with van der Waals surface area (Å²) in [5, 5.41) is 3.33. The summed E-state index contributed by atoms with van der Waals surface area (Å²) in [4.78, 5) is 6.36. The number of nitrogens with one attached hydrogen (secondary N) is 1. The van der Waals surface area contributed by atoms with E-state index < -0.39 is 0 Å². The molecule has 0 unspecified atom stereocenters. The summed E-state index contributed by atoms with van der Waals surface area (Å²) >= 11 is 0.